The first kappa shape index (κ1) is 20.4. The second-order valence-electron chi connectivity index (χ2n) is 7.96. The van der Waals surface area contributed by atoms with Crippen LogP contribution in [0.2, 0.25) is 0 Å². The molecule has 0 radical (unpaired) electrons. The van der Waals surface area contributed by atoms with Gasteiger partial charge in [-0.15, -0.1) is 0 Å². The fraction of sp³-hybridized carbons (Fsp3) is 0.458. The molecule has 0 aliphatic carbocycles. The van der Waals surface area contributed by atoms with E-state index >= 15 is 0 Å². The molecule has 1 amide bonds. The normalized spacial score (nSPS) is 15.8. The van der Waals surface area contributed by atoms with Crippen LogP contribution >= 0.6 is 0 Å². The van der Waals surface area contributed by atoms with Crippen LogP contribution in [0.25, 0.3) is 0 Å². The Balaban J connectivity index is 1.51. The Morgan fingerprint density at radius 3 is 2.43 bits per heavy atom. The molecule has 2 aromatic rings. The molecule has 28 heavy (non-hydrogen) atoms. The Bertz CT molecular complexity index is 777. The minimum Gasteiger partial charge on any atom is -0.481 e. The molecule has 1 aliphatic rings. The topological polar surface area (TPSA) is 41.6 Å². The Morgan fingerprint density at radius 1 is 1.04 bits per heavy atom. The van der Waals surface area contributed by atoms with Crippen molar-refractivity contribution in [1.82, 2.24) is 10.2 Å². The summed E-state index contributed by atoms with van der Waals surface area (Å²) in [6, 6.07) is 14.5. The van der Waals surface area contributed by atoms with Crippen molar-refractivity contribution >= 4 is 5.91 Å². The van der Waals surface area contributed by atoms with E-state index in [2.05, 4.69) is 40.5 Å². The molecule has 150 valence electrons. The summed E-state index contributed by atoms with van der Waals surface area (Å²) in [5.41, 5.74) is 4.70. The maximum atomic E-state index is 12.4. The summed E-state index contributed by atoms with van der Waals surface area (Å²) in [6.07, 6.45) is 3.42. The summed E-state index contributed by atoms with van der Waals surface area (Å²) < 4.78 is 5.83. The van der Waals surface area contributed by atoms with Gasteiger partial charge in [0.25, 0.3) is 5.91 Å². The largest absolute Gasteiger partial charge is 0.481 e. The van der Waals surface area contributed by atoms with Crippen LogP contribution in [0.3, 0.4) is 0 Å². The van der Waals surface area contributed by atoms with Crippen molar-refractivity contribution in [2.75, 3.05) is 13.1 Å². The van der Waals surface area contributed by atoms with Gasteiger partial charge in [0.2, 0.25) is 0 Å². The quantitative estimate of drug-likeness (QED) is 0.775. The Hall–Kier alpha value is -2.33. The number of carbonyl (C=O) groups excluding carboxylic acids is 1. The van der Waals surface area contributed by atoms with Gasteiger partial charge < -0.3 is 10.1 Å². The van der Waals surface area contributed by atoms with E-state index in [1.165, 1.54) is 37.9 Å². The number of carbonyl (C=O) groups is 1. The summed E-state index contributed by atoms with van der Waals surface area (Å²) >= 11 is 0. The van der Waals surface area contributed by atoms with Crippen molar-refractivity contribution in [3.05, 3.63) is 64.7 Å². The Morgan fingerprint density at radius 2 is 1.71 bits per heavy atom. The van der Waals surface area contributed by atoms with Crippen molar-refractivity contribution in [3.63, 3.8) is 0 Å². The van der Waals surface area contributed by atoms with Crippen molar-refractivity contribution < 1.29 is 9.53 Å². The minimum atomic E-state index is -0.530. The molecule has 4 heteroatoms. The van der Waals surface area contributed by atoms with Crippen LogP contribution < -0.4 is 10.1 Å². The average Bonchev–Trinajstić information content (AvgIpc) is 2.66. The third-order valence-corrected chi connectivity index (χ3v) is 5.19. The lowest BCUT2D eigenvalue weighted by Crippen LogP contribution is -2.36. The van der Waals surface area contributed by atoms with Crippen molar-refractivity contribution in [2.45, 2.75) is 59.2 Å². The molecular weight excluding hydrogens is 348 g/mol. The number of hydrogen-bond donors (Lipinski definition) is 1. The van der Waals surface area contributed by atoms with Crippen LogP contribution in [0.5, 0.6) is 5.75 Å². The standard InChI is InChI=1S/C24H32N2O2/c1-18-12-19(2)14-23(13-18)28-20(3)24(27)25-16-21-8-7-9-22(15-21)17-26-10-5-4-6-11-26/h7-9,12-15,20H,4-6,10-11,16-17H2,1-3H3,(H,25,27)/t20-/m0/s1. The lowest BCUT2D eigenvalue weighted by Gasteiger charge is -2.26. The lowest BCUT2D eigenvalue weighted by molar-refractivity contribution is -0.127. The van der Waals surface area contributed by atoms with E-state index in [0.29, 0.717) is 6.54 Å². The monoisotopic (exact) mass is 380 g/mol. The van der Waals surface area contributed by atoms with E-state index in [-0.39, 0.29) is 5.91 Å². The molecule has 1 saturated heterocycles. The molecule has 4 nitrogen and oxygen atoms in total. The predicted octanol–water partition coefficient (Wildman–Crippen LogP) is 4.37. The highest BCUT2D eigenvalue weighted by atomic mass is 16.5. The van der Waals surface area contributed by atoms with Gasteiger partial charge in [-0.1, -0.05) is 36.8 Å². The first-order chi connectivity index (χ1) is 13.5. The van der Waals surface area contributed by atoms with Gasteiger partial charge in [-0.2, -0.15) is 0 Å². The molecule has 1 atom stereocenters. The average molecular weight is 381 g/mol. The number of ether oxygens (including phenoxy) is 1. The van der Waals surface area contributed by atoms with Gasteiger partial charge >= 0.3 is 0 Å². The lowest BCUT2D eigenvalue weighted by atomic mass is 10.1. The third kappa shape index (κ3) is 6.10. The first-order valence-electron chi connectivity index (χ1n) is 10.3. The number of hydrogen-bond acceptors (Lipinski definition) is 3. The molecule has 0 unspecified atom stereocenters. The predicted molar refractivity (Wildman–Crippen MR) is 113 cm³/mol. The van der Waals surface area contributed by atoms with Gasteiger partial charge in [0.1, 0.15) is 5.75 Å². The molecule has 0 bridgehead atoms. The summed E-state index contributed by atoms with van der Waals surface area (Å²) in [5.74, 6) is 0.643. The van der Waals surface area contributed by atoms with Crippen LogP contribution in [0.4, 0.5) is 0 Å². The SMILES string of the molecule is Cc1cc(C)cc(O[C@@H](C)C(=O)NCc2cccc(CN3CCCCC3)c2)c1. The van der Waals surface area contributed by atoms with Crippen LogP contribution in [0, 0.1) is 13.8 Å². The second-order valence-corrected chi connectivity index (χ2v) is 7.96. The zero-order valence-corrected chi connectivity index (χ0v) is 17.3. The van der Waals surface area contributed by atoms with E-state index in [0.717, 1.165) is 29.0 Å². The Kier molecular flexibility index (Phi) is 7.10. The van der Waals surface area contributed by atoms with Crippen molar-refractivity contribution in [1.29, 1.82) is 0 Å². The van der Waals surface area contributed by atoms with E-state index < -0.39 is 6.10 Å². The molecule has 0 spiro atoms. The maximum Gasteiger partial charge on any atom is 0.261 e. The number of likely N-dealkylation sites (tertiary alicyclic amines) is 1. The molecule has 1 fully saturated rings. The van der Waals surface area contributed by atoms with E-state index in [1.807, 2.05) is 26.0 Å². The minimum absolute atomic E-state index is 0.0967. The number of aryl methyl sites for hydroxylation is 2. The molecular formula is C24H32N2O2. The van der Waals surface area contributed by atoms with Gasteiger partial charge in [0, 0.05) is 13.1 Å². The molecule has 1 N–H and O–H groups in total. The van der Waals surface area contributed by atoms with E-state index in [4.69, 9.17) is 4.74 Å². The third-order valence-electron chi connectivity index (χ3n) is 5.19. The van der Waals surface area contributed by atoms with Crippen LogP contribution in [-0.2, 0) is 17.9 Å². The number of nitrogens with zero attached hydrogens (tertiary/aromatic N) is 1. The van der Waals surface area contributed by atoms with E-state index in [9.17, 15) is 4.79 Å². The molecule has 0 saturated carbocycles. The molecule has 3 rings (SSSR count). The van der Waals surface area contributed by atoms with Crippen molar-refractivity contribution in [3.8, 4) is 5.75 Å². The first-order valence-corrected chi connectivity index (χ1v) is 10.3. The fourth-order valence-corrected chi connectivity index (χ4v) is 3.81. The van der Waals surface area contributed by atoms with Crippen LogP contribution in [0.15, 0.2) is 42.5 Å². The highest BCUT2D eigenvalue weighted by Gasteiger charge is 2.15. The number of amides is 1. The number of rotatable bonds is 7. The number of benzene rings is 2. The molecule has 0 aromatic heterocycles. The van der Waals surface area contributed by atoms with Crippen LogP contribution in [0.1, 0.15) is 48.4 Å². The van der Waals surface area contributed by atoms with Gasteiger partial charge in [0.15, 0.2) is 6.10 Å². The zero-order chi connectivity index (χ0) is 19.9. The number of nitrogens with one attached hydrogen (secondary N) is 1. The Labute approximate surface area is 168 Å². The zero-order valence-electron chi connectivity index (χ0n) is 17.3. The highest BCUT2D eigenvalue weighted by Crippen LogP contribution is 2.18. The smallest absolute Gasteiger partial charge is 0.261 e. The summed E-state index contributed by atoms with van der Waals surface area (Å²) in [5, 5.41) is 3.00. The van der Waals surface area contributed by atoms with Gasteiger partial charge in [-0.05, 0) is 81.1 Å². The summed E-state index contributed by atoms with van der Waals surface area (Å²) in [6.45, 7) is 9.74. The highest BCUT2D eigenvalue weighted by molar-refractivity contribution is 5.80. The maximum absolute atomic E-state index is 12.4. The van der Waals surface area contributed by atoms with Gasteiger partial charge in [-0.3, -0.25) is 9.69 Å². The van der Waals surface area contributed by atoms with E-state index in [1.54, 1.807) is 6.92 Å². The van der Waals surface area contributed by atoms with Gasteiger partial charge in [0.05, 0.1) is 0 Å². The molecule has 2 aromatic carbocycles. The fourth-order valence-electron chi connectivity index (χ4n) is 3.81. The van der Waals surface area contributed by atoms with Gasteiger partial charge in [-0.25, -0.2) is 0 Å². The van der Waals surface area contributed by atoms with Crippen LogP contribution in [-0.4, -0.2) is 30.0 Å². The number of piperidine rings is 1. The molecule has 1 heterocycles. The second kappa shape index (κ2) is 9.74. The van der Waals surface area contributed by atoms with Crippen molar-refractivity contribution in [2.24, 2.45) is 0 Å². The summed E-state index contributed by atoms with van der Waals surface area (Å²) in [4.78, 5) is 15.0. The summed E-state index contributed by atoms with van der Waals surface area (Å²) in [7, 11) is 0. The molecule has 1 aliphatic heterocycles.